The molecule has 2 atom stereocenters. The molecular formula is C13H25NO3. The van der Waals surface area contributed by atoms with Gasteiger partial charge in [-0.1, -0.05) is 19.8 Å². The second-order valence-corrected chi connectivity index (χ2v) is 6.27. The van der Waals surface area contributed by atoms with Crippen LogP contribution in [-0.2, 0) is 14.4 Å². The van der Waals surface area contributed by atoms with Crippen LogP contribution in [0.15, 0.2) is 0 Å². The largest absolute Gasteiger partial charge is 0.460 e. The fourth-order valence-corrected chi connectivity index (χ4v) is 2.56. The first kappa shape index (κ1) is 14.5. The molecule has 4 heteroatoms. The van der Waals surface area contributed by atoms with E-state index in [1.807, 2.05) is 20.8 Å². The molecule has 1 saturated carbocycles. The summed E-state index contributed by atoms with van der Waals surface area (Å²) in [5.41, 5.74) is -0.965. The normalized spacial score (nSPS) is 30.1. The summed E-state index contributed by atoms with van der Waals surface area (Å²) in [5, 5.41) is 0. The highest BCUT2D eigenvalue weighted by atomic mass is 16.6. The summed E-state index contributed by atoms with van der Waals surface area (Å²) in [6.07, 6.45) is 4.17. The van der Waals surface area contributed by atoms with Crippen molar-refractivity contribution in [3.8, 4) is 0 Å². The van der Waals surface area contributed by atoms with E-state index in [2.05, 4.69) is 6.92 Å². The van der Waals surface area contributed by atoms with E-state index in [-0.39, 0.29) is 12.4 Å². The Labute approximate surface area is 104 Å². The maximum Gasteiger partial charge on any atom is 0.309 e. The van der Waals surface area contributed by atoms with Gasteiger partial charge in [-0.15, -0.1) is 0 Å². The minimum atomic E-state index is -0.514. The monoisotopic (exact) mass is 243 g/mol. The molecule has 17 heavy (non-hydrogen) atoms. The molecule has 2 unspecified atom stereocenters. The minimum absolute atomic E-state index is 0.225. The third-order valence-corrected chi connectivity index (χ3v) is 3.19. The Morgan fingerprint density at radius 1 is 1.47 bits per heavy atom. The van der Waals surface area contributed by atoms with E-state index in [1.165, 1.54) is 6.42 Å². The Balaban J connectivity index is 2.59. The molecule has 4 nitrogen and oxygen atoms in total. The standard InChI is InChI=1S/C13H25NO3/c1-10-6-5-7-13(8-10,17-14)9-11(15)16-12(2,3)4/h10H,5-9,14H2,1-4H3. The summed E-state index contributed by atoms with van der Waals surface area (Å²) < 4.78 is 5.33. The van der Waals surface area contributed by atoms with Crippen LogP contribution in [0.5, 0.6) is 0 Å². The zero-order chi connectivity index (χ0) is 13.1. The predicted molar refractivity (Wildman–Crippen MR) is 66.1 cm³/mol. The van der Waals surface area contributed by atoms with Crippen molar-refractivity contribution >= 4 is 5.97 Å². The van der Waals surface area contributed by atoms with Gasteiger partial charge in [-0.3, -0.25) is 9.63 Å². The first-order valence-corrected chi connectivity index (χ1v) is 6.36. The zero-order valence-electron chi connectivity index (χ0n) is 11.4. The summed E-state index contributed by atoms with van der Waals surface area (Å²) in [5.74, 6) is 5.73. The van der Waals surface area contributed by atoms with Crippen LogP contribution in [-0.4, -0.2) is 17.2 Å². The molecule has 0 bridgehead atoms. The van der Waals surface area contributed by atoms with E-state index in [4.69, 9.17) is 15.5 Å². The van der Waals surface area contributed by atoms with Crippen LogP contribution in [0.25, 0.3) is 0 Å². The highest BCUT2D eigenvalue weighted by Crippen LogP contribution is 2.37. The SMILES string of the molecule is CC1CCCC(CC(=O)OC(C)(C)C)(ON)C1. The summed E-state index contributed by atoms with van der Waals surface area (Å²) >= 11 is 0. The van der Waals surface area contributed by atoms with Crippen molar-refractivity contribution in [1.29, 1.82) is 0 Å². The summed E-state index contributed by atoms with van der Waals surface area (Å²) in [7, 11) is 0. The second-order valence-electron chi connectivity index (χ2n) is 6.27. The molecule has 0 aliphatic heterocycles. The number of hydrogen-bond donors (Lipinski definition) is 1. The number of hydrogen-bond acceptors (Lipinski definition) is 4. The van der Waals surface area contributed by atoms with Crippen molar-refractivity contribution in [2.75, 3.05) is 0 Å². The first-order chi connectivity index (χ1) is 7.76. The lowest BCUT2D eigenvalue weighted by atomic mass is 9.77. The number of carbonyl (C=O) groups excluding carboxylic acids is 1. The molecule has 1 rings (SSSR count). The topological polar surface area (TPSA) is 61.5 Å². The van der Waals surface area contributed by atoms with Crippen molar-refractivity contribution in [1.82, 2.24) is 0 Å². The number of ether oxygens (including phenoxy) is 1. The van der Waals surface area contributed by atoms with E-state index >= 15 is 0 Å². The molecule has 0 spiro atoms. The van der Waals surface area contributed by atoms with Crippen LogP contribution in [0.4, 0.5) is 0 Å². The third-order valence-electron chi connectivity index (χ3n) is 3.19. The Bertz CT molecular complexity index is 272. The Kier molecular flexibility index (Phi) is 4.55. The lowest BCUT2D eigenvalue weighted by Crippen LogP contribution is -2.43. The summed E-state index contributed by atoms with van der Waals surface area (Å²) in [6, 6.07) is 0. The van der Waals surface area contributed by atoms with Gasteiger partial charge < -0.3 is 4.74 Å². The first-order valence-electron chi connectivity index (χ1n) is 6.36. The average Bonchev–Trinajstić information content (AvgIpc) is 2.14. The quantitative estimate of drug-likeness (QED) is 0.611. The van der Waals surface area contributed by atoms with Gasteiger partial charge >= 0.3 is 5.97 Å². The van der Waals surface area contributed by atoms with Crippen molar-refractivity contribution in [2.24, 2.45) is 11.8 Å². The van der Waals surface area contributed by atoms with Crippen molar-refractivity contribution in [3.63, 3.8) is 0 Å². The van der Waals surface area contributed by atoms with E-state index in [1.54, 1.807) is 0 Å². The maximum atomic E-state index is 11.8. The molecule has 0 aromatic rings. The minimum Gasteiger partial charge on any atom is -0.460 e. The third kappa shape index (κ3) is 4.64. The van der Waals surface area contributed by atoms with E-state index in [9.17, 15) is 4.79 Å². The molecular weight excluding hydrogens is 218 g/mol. The second kappa shape index (κ2) is 5.36. The maximum absolute atomic E-state index is 11.8. The number of esters is 1. The van der Waals surface area contributed by atoms with Crippen molar-refractivity contribution < 1.29 is 14.4 Å². The van der Waals surface area contributed by atoms with Crippen LogP contribution < -0.4 is 5.90 Å². The van der Waals surface area contributed by atoms with Crippen LogP contribution in [0, 0.1) is 5.92 Å². The fourth-order valence-electron chi connectivity index (χ4n) is 2.56. The summed E-state index contributed by atoms with van der Waals surface area (Å²) in [6.45, 7) is 7.77. The van der Waals surface area contributed by atoms with Gasteiger partial charge in [-0.2, -0.15) is 0 Å². The van der Waals surface area contributed by atoms with Gasteiger partial charge in [-0.25, -0.2) is 5.90 Å². The smallest absolute Gasteiger partial charge is 0.309 e. The molecule has 100 valence electrons. The molecule has 0 radical (unpaired) electrons. The highest BCUT2D eigenvalue weighted by Gasteiger charge is 2.39. The number of carbonyl (C=O) groups is 1. The fraction of sp³-hybridized carbons (Fsp3) is 0.923. The molecule has 2 N–H and O–H groups in total. The Hall–Kier alpha value is -0.610. The molecule has 1 fully saturated rings. The molecule has 0 saturated heterocycles. The van der Waals surface area contributed by atoms with E-state index < -0.39 is 11.2 Å². The molecule has 0 aromatic heterocycles. The number of nitrogens with two attached hydrogens (primary N) is 1. The van der Waals surface area contributed by atoms with Crippen LogP contribution in [0.3, 0.4) is 0 Å². The average molecular weight is 243 g/mol. The molecule has 0 heterocycles. The van der Waals surface area contributed by atoms with Crippen LogP contribution >= 0.6 is 0 Å². The highest BCUT2D eigenvalue weighted by molar-refractivity contribution is 5.71. The van der Waals surface area contributed by atoms with Gasteiger partial charge in [0.15, 0.2) is 0 Å². The van der Waals surface area contributed by atoms with E-state index in [0.717, 1.165) is 19.3 Å². The molecule has 1 aliphatic carbocycles. The van der Waals surface area contributed by atoms with Crippen molar-refractivity contribution in [3.05, 3.63) is 0 Å². The van der Waals surface area contributed by atoms with Gasteiger partial charge in [-0.05, 0) is 39.5 Å². The predicted octanol–water partition coefficient (Wildman–Crippen LogP) is 2.56. The van der Waals surface area contributed by atoms with Gasteiger partial charge in [0, 0.05) is 0 Å². The Morgan fingerprint density at radius 2 is 2.12 bits per heavy atom. The van der Waals surface area contributed by atoms with Crippen LogP contribution in [0.2, 0.25) is 0 Å². The number of rotatable bonds is 3. The lowest BCUT2D eigenvalue weighted by molar-refractivity contribution is -0.167. The van der Waals surface area contributed by atoms with Crippen molar-refractivity contribution in [2.45, 2.75) is 71.0 Å². The van der Waals surface area contributed by atoms with E-state index in [0.29, 0.717) is 5.92 Å². The summed E-state index contributed by atoms with van der Waals surface area (Å²) in [4.78, 5) is 17.0. The van der Waals surface area contributed by atoms with Crippen LogP contribution in [0.1, 0.15) is 59.8 Å². The van der Waals surface area contributed by atoms with Gasteiger partial charge in [0.05, 0.1) is 6.42 Å². The molecule has 0 aromatic carbocycles. The van der Waals surface area contributed by atoms with Gasteiger partial charge in [0.2, 0.25) is 0 Å². The lowest BCUT2D eigenvalue weighted by Gasteiger charge is -2.37. The Morgan fingerprint density at radius 3 is 2.59 bits per heavy atom. The van der Waals surface area contributed by atoms with Gasteiger partial charge in [0.1, 0.15) is 11.2 Å². The molecule has 0 amide bonds. The van der Waals surface area contributed by atoms with Gasteiger partial charge in [0.25, 0.3) is 0 Å². The zero-order valence-corrected chi connectivity index (χ0v) is 11.4. The molecule has 1 aliphatic rings.